The van der Waals surface area contributed by atoms with E-state index in [0.29, 0.717) is 5.69 Å². The minimum Gasteiger partial charge on any atom is -0.324 e. The largest absolute Gasteiger partial charge is 0.324 e. The fourth-order valence-corrected chi connectivity index (χ4v) is 3.22. The van der Waals surface area contributed by atoms with Gasteiger partial charge in [-0.15, -0.1) is 0 Å². The molecule has 1 aromatic heterocycles. The Bertz CT molecular complexity index is 702. The van der Waals surface area contributed by atoms with Crippen LogP contribution in [0.3, 0.4) is 0 Å². The summed E-state index contributed by atoms with van der Waals surface area (Å²) in [5.41, 5.74) is 7.31. The Morgan fingerprint density at radius 1 is 1.29 bits per heavy atom. The molecule has 0 aliphatic heterocycles. The average molecular weight is 305 g/mol. The third-order valence-electron chi connectivity index (χ3n) is 3.39. The maximum absolute atomic E-state index is 12.7. The topological polar surface area (TPSA) is 76.3 Å². The van der Waals surface area contributed by atoms with Crippen LogP contribution in [0.15, 0.2) is 53.7 Å². The van der Waals surface area contributed by atoms with Crippen LogP contribution >= 0.6 is 0 Å². The summed E-state index contributed by atoms with van der Waals surface area (Å²) < 4.78 is 26.5. The van der Waals surface area contributed by atoms with Crippen LogP contribution in [-0.4, -0.2) is 20.4 Å². The predicted octanol–water partition coefficient (Wildman–Crippen LogP) is 2.32. The van der Waals surface area contributed by atoms with Crippen LogP contribution in [0.2, 0.25) is 0 Å². The zero-order valence-corrected chi connectivity index (χ0v) is 12.9. The molecular weight excluding hydrogens is 286 g/mol. The van der Waals surface area contributed by atoms with E-state index < -0.39 is 10.0 Å². The van der Waals surface area contributed by atoms with Gasteiger partial charge in [-0.05, 0) is 36.2 Å². The van der Waals surface area contributed by atoms with Crippen molar-refractivity contribution < 1.29 is 8.42 Å². The van der Waals surface area contributed by atoms with Crippen molar-refractivity contribution >= 4 is 15.7 Å². The summed E-state index contributed by atoms with van der Waals surface area (Å²) in [6, 6.07) is 10.0. The van der Waals surface area contributed by atoms with Gasteiger partial charge in [-0.2, -0.15) is 0 Å². The van der Waals surface area contributed by atoms with Crippen LogP contribution in [0.1, 0.15) is 24.9 Å². The van der Waals surface area contributed by atoms with Gasteiger partial charge in [-0.1, -0.05) is 19.1 Å². The third kappa shape index (κ3) is 3.22. The number of nitrogens with zero attached hydrogens (tertiary/aromatic N) is 2. The number of sulfonamides is 1. The van der Waals surface area contributed by atoms with Crippen LogP contribution in [0, 0.1) is 0 Å². The first kappa shape index (κ1) is 15.5. The number of rotatable bonds is 5. The molecule has 112 valence electrons. The number of pyridine rings is 1. The smallest absolute Gasteiger partial charge is 0.264 e. The van der Waals surface area contributed by atoms with Crippen molar-refractivity contribution in [2.24, 2.45) is 5.73 Å². The predicted molar refractivity (Wildman–Crippen MR) is 83.5 cm³/mol. The van der Waals surface area contributed by atoms with Crippen molar-refractivity contribution in [1.29, 1.82) is 0 Å². The molecule has 1 unspecified atom stereocenters. The van der Waals surface area contributed by atoms with Crippen molar-refractivity contribution in [1.82, 2.24) is 4.98 Å². The minimum absolute atomic E-state index is 0.163. The summed E-state index contributed by atoms with van der Waals surface area (Å²) in [6.07, 6.45) is 3.87. The van der Waals surface area contributed by atoms with Gasteiger partial charge in [0, 0.05) is 19.3 Å². The molecule has 1 heterocycles. The quantitative estimate of drug-likeness (QED) is 0.919. The van der Waals surface area contributed by atoms with Crippen LogP contribution < -0.4 is 10.0 Å². The zero-order valence-electron chi connectivity index (χ0n) is 12.1. The lowest BCUT2D eigenvalue weighted by Gasteiger charge is -2.20. The standard InChI is InChI=1S/C15H19N3O2S/c1-3-15(16)12-6-4-8-14(10-12)21(19,20)18(2)13-7-5-9-17-11-13/h4-11,15H,3,16H2,1-2H3. The van der Waals surface area contributed by atoms with Gasteiger partial charge in [0.25, 0.3) is 10.0 Å². The highest BCUT2D eigenvalue weighted by Crippen LogP contribution is 2.23. The molecule has 0 spiro atoms. The number of benzene rings is 1. The average Bonchev–Trinajstić information content (AvgIpc) is 2.54. The minimum atomic E-state index is -3.62. The molecule has 6 heteroatoms. The first-order chi connectivity index (χ1) is 9.96. The van der Waals surface area contributed by atoms with E-state index in [9.17, 15) is 8.42 Å². The van der Waals surface area contributed by atoms with Crippen molar-refractivity contribution in [3.05, 3.63) is 54.4 Å². The van der Waals surface area contributed by atoms with E-state index in [1.807, 2.05) is 13.0 Å². The first-order valence-corrected chi connectivity index (χ1v) is 8.15. The second kappa shape index (κ2) is 6.24. The molecule has 5 nitrogen and oxygen atoms in total. The third-order valence-corrected chi connectivity index (χ3v) is 5.18. The number of hydrogen-bond donors (Lipinski definition) is 1. The Labute approximate surface area is 125 Å². The van der Waals surface area contributed by atoms with Crippen LogP contribution in [0.5, 0.6) is 0 Å². The molecule has 0 bridgehead atoms. The van der Waals surface area contributed by atoms with Crippen molar-refractivity contribution in [3.8, 4) is 0 Å². The van der Waals surface area contributed by atoms with E-state index in [1.54, 1.807) is 36.5 Å². The van der Waals surface area contributed by atoms with Gasteiger partial charge in [-0.25, -0.2) is 8.42 Å². The molecule has 2 aromatic rings. The van der Waals surface area contributed by atoms with Gasteiger partial charge in [0.2, 0.25) is 0 Å². The number of anilines is 1. The molecule has 21 heavy (non-hydrogen) atoms. The SMILES string of the molecule is CCC(N)c1cccc(S(=O)(=O)N(C)c2cccnc2)c1. The van der Waals surface area contributed by atoms with Crippen molar-refractivity contribution in [3.63, 3.8) is 0 Å². The monoisotopic (exact) mass is 305 g/mol. The van der Waals surface area contributed by atoms with Crippen molar-refractivity contribution in [2.45, 2.75) is 24.3 Å². The maximum atomic E-state index is 12.7. The molecular formula is C15H19N3O2S. The molecule has 0 aliphatic carbocycles. The van der Waals surface area contributed by atoms with Gasteiger partial charge < -0.3 is 5.73 Å². The molecule has 0 aliphatic rings. The summed E-state index contributed by atoms with van der Waals surface area (Å²) >= 11 is 0. The van der Waals surface area contributed by atoms with E-state index in [0.717, 1.165) is 12.0 Å². The fraction of sp³-hybridized carbons (Fsp3) is 0.267. The molecule has 0 fully saturated rings. The summed E-state index contributed by atoms with van der Waals surface area (Å²) in [5, 5.41) is 0. The molecule has 0 saturated carbocycles. The molecule has 0 radical (unpaired) electrons. The molecule has 1 aromatic carbocycles. The Morgan fingerprint density at radius 2 is 2.05 bits per heavy atom. The van der Waals surface area contributed by atoms with Gasteiger partial charge in [0.15, 0.2) is 0 Å². The normalized spacial score (nSPS) is 12.9. The zero-order chi connectivity index (χ0) is 15.5. The molecule has 2 N–H and O–H groups in total. The van der Waals surface area contributed by atoms with Gasteiger partial charge in [-0.3, -0.25) is 9.29 Å². The van der Waals surface area contributed by atoms with E-state index in [2.05, 4.69) is 4.98 Å². The number of aromatic nitrogens is 1. The first-order valence-electron chi connectivity index (χ1n) is 6.71. The van der Waals surface area contributed by atoms with E-state index >= 15 is 0 Å². The Balaban J connectivity index is 2.40. The second-order valence-electron chi connectivity index (χ2n) is 4.77. The lowest BCUT2D eigenvalue weighted by Crippen LogP contribution is -2.26. The summed E-state index contributed by atoms with van der Waals surface area (Å²) in [7, 11) is -2.11. The van der Waals surface area contributed by atoms with Gasteiger partial charge >= 0.3 is 0 Å². The number of nitrogens with two attached hydrogens (primary N) is 1. The molecule has 2 rings (SSSR count). The van der Waals surface area contributed by atoms with Crippen LogP contribution in [0.25, 0.3) is 0 Å². The van der Waals surface area contributed by atoms with E-state index in [4.69, 9.17) is 5.73 Å². The highest BCUT2D eigenvalue weighted by molar-refractivity contribution is 7.92. The van der Waals surface area contributed by atoms with Crippen molar-refractivity contribution in [2.75, 3.05) is 11.4 Å². The van der Waals surface area contributed by atoms with E-state index in [1.165, 1.54) is 17.5 Å². The van der Waals surface area contributed by atoms with Crippen LogP contribution in [-0.2, 0) is 10.0 Å². The Hall–Kier alpha value is -1.92. The Kier molecular flexibility index (Phi) is 4.59. The highest BCUT2D eigenvalue weighted by atomic mass is 32.2. The fourth-order valence-electron chi connectivity index (χ4n) is 1.98. The van der Waals surface area contributed by atoms with Gasteiger partial charge in [0.05, 0.1) is 16.8 Å². The maximum Gasteiger partial charge on any atom is 0.264 e. The lowest BCUT2D eigenvalue weighted by atomic mass is 10.1. The lowest BCUT2D eigenvalue weighted by molar-refractivity contribution is 0.593. The molecule has 1 atom stereocenters. The van der Waals surface area contributed by atoms with Crippen LogP contribution in [0.4, 0.5) is 5.69 Å². The molecule has 0 saturated heterocycles. The summed E-state index contributed by atoms with van der Waals surface area (Å²) in [4.78, 5) is 4.18. The Morgan fingerprint density at radius 3 is 2.67 bits per heavy atom. The second-order valence-corrected chi connectivity index (χ2v) is 6.74. The number of hydrogen-bond acceptors (Lipinski definition) is 4. The highest BCUT2D eigenvalue weighted by Gasteiger charge is 2.22. The van der Waals surface area contributed by atoms with E-state index in [-0.39, 0.29) is 10.9 Å². The molecule has 0 amide bonds. The summed E-state index contributed by atoms with van der Waals surface area (Å²) in [5.74, 6) is 0. The van der Waals surface area contributed by atoms with Gasteiger partial charge in [0.1, 0.15) is 0 Å². The summed E-state index contributed by atoms with van der Waals surface area (Å²) in [6.45, 7) is 1.97.